The van der Waals surface area contributed by atoms with Gasteiger partial charge in [0.2, 0.25) is 0 Å². The van der Waals surface area contributed by atoms with E-state index in [2.05, 4.69) is 6.92 Å². The van der Waals surface area contributed by atoms with Gasteiger partial charge in [0.15, 0.2) is 11.6 Å². The number of ether oxygens (including phenoxy) is 1. The third-order valence-electron chi connectivity index (χ3n) is 2.08. The Hall–Kier alpha value is -1.90. The van der Waals surface area contributed by atoms with Crippen molar-refractivity contribution in [2.24, 2.45) is 0 Å². The highest BCUT2D eigenvalue weighted by Gasteiger charge is 2.06. The standard InChI is InChI=1S/C13H9F2O/c1-9-3-2-4-12(13(9)15)16-11-7-5-10(14)6-8-11/h2-8H,1H2. The van der Waals surface area contributed by atoms with Crippen LogP contribution in [0.4, 0.5) is 8.78 Å². The van der Waals surface area contributed by atoms with Crippen LogP contribution in [0.2, 0.25) is 0 Å². The van der Waals surface area contributed by atoms with Crippen LogP contribution in [-0.2, 0) is 0 Å². The molecule has 1 nitrogen and oxygen atoms in total. The van der Waals surface area contributed by atoms with E-state index in [0.29, 0.717) is 5.75 Å². The van der Waals surface area contributed by atoms with Gasteiger partial charge in [-0.1, -0.05) is 12.1 Å². The molecular formula is C13H9F2O. The molecule has 0 aliphatic carbocycles. The zero-order valence-electron chi connectivity index (χ0n) is 8.41. The molecule has 0 amide bonds. The lowest BCUT2D eigenvalue weighted by molar-refractivity contribution is 0.440. The molecule has 0 bridgehead atoms. The second kappa shape index (κ2) is 4.31. The minimum Gasteiger partial charge on any atom is -0.454 e. The second-order valence-electron chi connectivity index (χ2n) is 3.29. The fraction of sp³-hybridized carbons (Fsp3) is 0. The first-order chi connectivity index (χ1) is 7.66. The van der Waals surface area contributed by atoms with Crippen molar-refractivity contribution in [2.45, 2.75) is 0 Å². The summed E-state index contributed by atoms with van der Waals surface area (Å²) in [7, 11) is 0. The minimum atomic E-state index is -0.508. The van der Waals surface area contributed by atoms with Gasteiger partial charge in [0.1, 0.15) is 11.6 Å². The summed E-state index contributed by atoms with van der Waals surface area (Å²) in [4.78, 5) is 0. The van der Waals surface area contributed by atoms with Gasteiger partial charge in [-0.05, 0) is 42.8 Å². The maximum Gasteiger partial charge on any atom is 0.168 e. The summed E-state index contributed by atoms with van der Waals surface area (Å²) < 4.78 is 31.4. The SMILES string of the molecule is [CH2]c1cccc(Oc2ccc(F)cc2)c1F. The van der Waals surface area contributed by atoms with Gasteiger partial charge >= 0.3 is 0 Å². The lowest BCUT2D eigenvalue weighted by atomic mass is 10.2. The first kappa shape index (κ1) is 10.6. The van der Waals surface area contributed by atoms with Crippen molar-refractivity contribution >= 4 is 0 Å². The van der Waals surface area contributed by atoms with Gasteiger partial charge in [-0.3, -0.25) is 0 Å². The van der Waals surface area contributed by atoms with E-state index in [1.54, 1.807) is 12.1 Å². The lowest BCUT2D eigenvalue weighted by Crippen LogP contribution is -1.90. The zero-order chi connectivity index (χ0) is 11.5. The molecule has 0 aliphatic heterocycles. The molecule has 2 rings (SSSR count). The third-order valence-corrected chi connectivity index (χ3v) is 2.08. The molecule has 81 valence electrons. The van der Waals surface area contributed by atoms with Gasteiger partial charge in [-0.2, -0.15) is 0 Å². The number of benzene rings is 2. The fourth-order valence-corrected chi connectivity index (χ4v) is 1.26. The van der Waals surface area contributed by atoms with E-state index in [4.69, 9.17) is 4.74 Å². The van der Waals surface area contributed by atoms with E-state index >= 15 is 0 Å². The van der Waals surface area contributed by atoms with Gasteiger partial charge in [-0.25, -0.2) is 8.78 Å². The maximum atomic E-state index is 13.5. The maximum absolute atomic E-state index is 13.5. The van der Waals surface area contributed by atoms with E-state index in [0.717, 1.165) is 0 Å². The van der Waals surface area contributed by atoms with Crippen molar-refractivity contribution in [1.29, 1.82) is 0 Å². The lowest BCUT2D eigenvalue weighted by Gasteiger charge is -2.07. The molecule has 0 saturated heterocycles. The van der Waals surface area contributed by atoms with Gasteiger partial charge in [0.25, 0.3) is 0 Å². The van der Waals surface area contributed by atoms with Crippen LogP contribution in [-0.4, -0.2) is 0 Å². The van der Waals surface area contributed by atoms with E-state index in [1.807, 2.05) is 0 Å². The summed E-state index contributed by atoms with van der Waals surface area (Å²) in [5.74, 6) is -0.407. The molecule has 0 atom stereocenters. The summed E-state index contributed by atoms with van der Waals surface area (Å²) in [6.07, 6.45) is 0. The van der Waals surface area contributed by atoms with E-state index < -0.39 is 5.82 Å². The van der Waals surface area contributed by atoms with E-state index in [-0.39, 0.29) is 17.1 Å². The van der Waals surface area contributed by atoms with Crippen molar-refractivity contribution in [1.82, 2.24) is 0 Å². The summed E-state index contributed by atoms with van der Waals surface area (Å²) in [6, 6.07) is 10.1. The van der Waals surface area contributed by atoms with Crippen LogP contribution in [0.25, 0.3) is 0 Å². The van der Waals surface area contributed by atoms with Crippen LogP contribution in [0.15, 0.2) is 42.5 Å². The van der Waals surface area contributed by atoms with Gasteiger partial charge in [0, 0.05) is 0 Å². The molecule has 0 spiro atoms. The Morgan fingerprint density at radius 1 is 0.938 bits per heavy atom. The topological polar surface area (TPSA) is 9.23 Å². The average Bonchev–Trinajstić information content (AvgIpc) is 2.28. The summed E-state index contributed by atoms with van der Waals surface area (Å²) >= 11 is 0. The average molecular weight is 219 g/mol. The molecule has 0 fully saturated rings. The Balaban J connectivity index is 2.27. The van der Waals surface area contributed by atoms with Crippen LogP contribution in [0.5, 0.6) is 11.5 Å². The van der Waals surface area contributed by atoms with E-state index in [9.17, 15) is 8.78 Å². The smallest absolute Gasteiger partial charge is 0.168 e. The van der Waals surface area contributed by atoms with Gasteiger partial charge in [0.05, 0.1) is 0 Å². The van der Waals surface area contributed by atoms with Crippen LogP contribution in [0.1, 0.15) is 5.56 Å². The molecule has 0 unspecified atom stereocenters. The highest BCUT2D eigenvalue weighted by atomic mass is 19.1. The van der Waals surface area contributed by atoms with Crippen molar-refractivity contribution in [3.05, 3.63) is 66.6 Å². The Bertz CT molecular complexity index is 492. The molecule has 0 aromatic heterocycles. The van der Waals surface area contributed by atoms with Gasteiger partial charge in [-0.15, -0.1) is 0 Å². The number of rotatable bonds is 2. The van der Waals surface area contributed by atoms with Crippen LogP contribution < -0.4 is 4.74 Å². The van der Waals surface area contributed by atoms with Crippen LogP contribution >= 0.6 is 0 Å². The molecule has 0 N–H and O–H groups in total. The quantitative estimate of drug-likeness (QED) is 0.743. The molecule has 16 heavy (non-hydrogen) atoms. The van der Waals surface area contributed by atoms with Crippen LogP contribution in [0, 0.1) is 18.6 Å². The Morgan fingerprint density at radius 3 is 2.31 bits per heavy atom. The highest BCUT2D eigenvalue weighted by Crippen LogP contribution is 2.25. The minimum absolute atomic E-state index is 0.0825. The molecule has 2 aromatic carbocycles. The summed E-state index contributed by atoms with van der Waals surface area (Å²) in [6.45, 7) is 3.52. The third kappa shape index (κ3) is 2.19. The van der Waals surface area contributed by atoms with Crippen LogP contribution in [0.3, 0.4) is 0 Å². The largest absolute Gasteiger partial charge is 0.454 e. The Labute approximate surface area is 92.3 Å². The first-order valence-corrected chi connectivity index (χ1v) is 4.71. The molecule has 0 saturated carbocycles. The fourth-order valence-electron chi connectivity index (χ4n) is 1.26. The Morgan fingerprint density at radius 2 is 1.62 bits per heavy atom. The Kier molecular flexibility index (Phi) is 2.86. The second-order valence-corrected chi connectivity index (χ2v) is 3.29. The van der Waals surface area contributed by atoms with Crippen molar-refractivity contribution in [2.75, 3.05) is 0 Å². The predicted molar refractivity (Wildman–Crippen MR) is 57.3 cm³/mol. The zero-order valence-corrected chi connectivity index (χ0v) is 8.41. The number of hydrogen-bond donors (Lipinski definition) is 0. The first-order valence-electron chi connectivity index (χ1n) is 4.71. The molecule has 1 radical (unpaired) electrons. The number of hydrogen-bond acceptors (Lipinski definition) is 1. The summed E-state index contributed by atoms with van der Waals surface area (Å²) in [5.41, 5.74) is 0.264. The molecule has 0 aliphatic rings. The molecule has 2 aromatic rings. The van der Waals surface area contributed by atoms with Crippen molar-refractivity contribution in [3.63, 3.8) is 0 Å². The normalized spacial score (nSPS) is 10.2. The highest BCUT2D eigenvalue weighted by molar-refractivity contribution is 5.36. The van der Waals surface area contributed by atoms with Crippen molar-refractivity contribution < 1.29 is 13.5 Å². The molecular weight excluding hydrogens is 210 g/mol. The predicted octanol–water partition coefficient (Wildman–Crippen LogP) is 3.94. The molecule has 0 heterocycles. The van der Waals surface area contributed by atoms with Gasteiger partial charge < -0.3 is 4.74 Å². The molecule has 3 heteroatoms. The summed E-state index contributed by atoms with van der Waals surface area (Å²) in [5, 5.41) is 0. The van der Waals surface area contributed by atoms with Crippen molar-refractivity contribution in [3.8, 4) is 11.5 Å². The van der Waals surface area contributed by atoms with E-state index in [1.165, 1.54) is 30.3 Å². The monoisotopic (exact) mass is 219 g/mol. The number of halogens is 2.